The van der Waals surface area contributed by atoms with Gasteiger partial charge in [0.25, 0.3) is 0 Å². The molecule has 0 aliphatic rings. The second kappa shape index (κ2) is 16.4. The van der Waals surface area contributed by atoms with Gasteiger partial charge in [0.2, 0.25) is 5.82 Å². The monoisotopic (exact) mass is 903 g/mol. The summed E-state index contributed by atoms with van der Waals surface area (Å²) in [7, 11) is 0. The Morgan fingerprint density at radius 3 is 0.899 bits per heavy atom. The molecular weight excluding hydrogens is 870 g/mol. The maximum atomic E-state index is 16.1. The molecule has 0 N–H and O–H groups in total. The Morgan fingerprint density at radius 2 is 0.594 bits per heavy atom. The third-order valence-corrected chi connectivity index (χ3v) is 13.1. The van der Waals surface area contributed by atoms with Gasteiger partial charge in [0.1, 0.15) is 0 Å². The number of halogens is 5. The quantitative estimate of drug-likeness (QED) is 0.0655. The van der Waals surface area contributed by atoms with Crippen molar-refractivity contribution in [2.75, 3.05) is 0 Å². The number of fused-ring (bicyclic) bond motifs is 6. The van der Waals surface area contributed by atoms with Gasteiger partial charge in [-0.1, -0.05) is 146 Å². The molecule has 0 amide bonds. The van der Waals surface area contributed by atoms with E-state index in [0.29, 0.717) is 22.4 Å². The summed E-state index contributed by atoms with van der Waals surface area (Å²) in [5, 5.41) is 3.49. The van der Waals surface area contributed by atoms with Crippen molar-refractivity contribution in [1.82, 2.24) is 9.13 Å². The molecular formula is C61H34F5N3. The highest BCUT2D eigenvalue weighted by molar-refractivity contribution is 6.14. The molecule has 0 spiro atoms. The van der Waals surface area contributed by atoms with Gasteiger partial charge in [-0.3, -0.25) is 0 Å². The van der Waals surface area contributed by atoms with Crippen LogP contribution < -0.4 is 0 Å². The molecule has 69 heavy (non-hydrogen) atoms. The fourth-order valence-electron chi connectivity index (χ4n) is 9.86. The van der Waals surface area contributed by atoms with Gasteiger partial charge in [0.05, 0.1) is 40.0 Å². The van der Waals surface area contributed by atoms with Crippen molar-refractivity contribution in [3.05, 3.63) is 247 Å². The maximum absolute atomic E-state index is 16.1. The SMILES string of the molecule is [C-]#[N+]c1cc(-n2c3ccc(-c4ccccc4)cc3c3cc(-c4ccccc4)ccc32)c(-n2c3ccc(-c4ccccc4)cc3c3cc(-c4ccccc4)ccc32)cc1-c1c(F)c(F)c(F)c(F)c1F. The van der Waals surface area contributed by atoms with Gasteiger partial charge in [0.15, 0.2) is 29.0 Å². The predicted octanol–water partition coefficient (Wildman–Crippen LogP) is 17.5. The minimum absolute atomic E-state index is 0.313. The molecule has 0 radical (unpaired) electrons. The summed E-state index contributed by atoms with van der Waals surface area (Å²) in [5.74, 6) is -10.5. The standard InChI is InChI=1S/C61H34F5N3/c1-67-49-35-55(69-52-28-24-42(38-18-10-4-11-19-38)32-46(52)47-33-43(25-29-53(47)69)39-20-12-5-13-21-39)54(34-48(49)56-57(62)59(64)61(66)60(65)58(56)63)68-50-26-22-40(36-14-6-2-7-15-36)30-44(50)45-31-41(23-27-51(45)68)37-16-8-3-9-17-37/h2-35H. The second-order valence-electron chi connectivity index (χ2n) is 17.0. The molecule has 0 unspecified atom stereocenters. The zero-order valence-electron chi connectivity index (χ0n) is 36.4. The van der Waals surface area contributed by atoms with Crippen LogP contribution in [0.25, 0.3) is 115 Å². The van der Waals surface area contributed by atoms with Crippen molar-refractivity contribution in [1.29, 1.82) is 0 Å². The molecule has 0 atom stereocenters. The van der Waals surface area contributed by atoms with Gasteiger partial charge >= 0.3 is 0 Å². The summed E-state index contributed by atoms with van der Waals surface area (Å²) in [6.07, 6.45) is 0. The highest BCUT2D eigenvalue weighted by Gasteiger charge is 2.30. The zero-order valence-corrected chi connectivity index (χ0v) is 36.4. The van der Waals surface area contributed by atoms with Crippen molar-refractivity contribution >= 4 is 49.3 Å². The predicted molar refractivity (Wildman–Crippen MR) is 268 cm³/mol. The lowest BCUT2D eigenvalue weighted by molar-refractivity contribution is 0.381. The van der Waals surface area contributed by atoms with Gasteiger partial charge in [-0.15, -0.1) is 0 Å². The molecule has 12 rings (SSSR count). The number of rotatable bonds is 7. The summed E-state index contributed by atoms with van der Waals surface area (Å²) in [4.78, 5) is 3.74. The molecule has 328 valence electrons. The smallest absolute Gasteiger partial charge is 0.200 e. The average molecular weight is 904 g/mol. The Bertz CT molecular complexity index is 3840. The number of hydrogen-bond acceptors (Lipinski definition) is 0. The van der Waals surface area contributed by atoms with Crippen LogP contribution in [0.5, 0.6) is 0 Å². The van der Waals surface area contributed by atoms with Crippen LogP contribution in [0.15, 0.2) is 206 Å². The van der Waals surface area contributed by atoms with E-state index in [-0.39, 0.29) is 5.69 Å². The van der Waals surface area contributed by atoms with Crippen molar-refractivity contribution in [3.8, 4) is 67.0 Å². The largest absolute Gasteiger partial charge is 0.308 e. The lowest BCUT2D eigenvalue weighted by Gasteiger charge is -2.20. The van der Waals surface area contributed by atoms with Crippen molar-refractivity contribution < 1.29 is 22.0 Å². The van der Waals surface area contributed by atoms with E-state index in [1.54, 1.807) is 0 Å². The van der Waals surface area contributed by atoms with Crippen LogP contribution in [0, 0.1) is 35.7 Å². The minimum atomic E-state index is -2.28. The van der Waals surface area contributed by atoms with Gasteiger partial charge in [-0.05, 0) is 111 Å². The third kappa shape index (κ3) is 6.70. The first kappa shape index (κ1) is 41.4. The van der Waals surface area contributed by atoms with E-state index in [9.17, 15) is 4.39 Å². The summed E-state index contributed by atoms with van der Waals surface area (Å²) in [6, 6.07) is 67.4. The van der Waals surface area contributed by atoms with Crippen LogP contribution in [-0.2, 0) is 0 Å². The maximum Gasteiger partial charge on any atom is 0.200 e. The Morgan fingerprint density at radius 1 is 0.304 bits per heavy atom. The normalized spacial score (nSPS) is 11.5. The lowest BCUT2D eigenvalue weighted by atomic mass is 9.99. The fourth-order valence-corrected chi connectivity index (χ4v) is 9.86. The van der Waals surface area contributed by atoms with Gasteiger partial charge in [-0.2, -0.15) is 0 Å². The number of aromatic nitrogens is 2. The molecule has 0 saturated heterocycles. The molecule has 10 aromatic carbocycles. The highest BCUT2D eigenvalue weighted by atomic mass is 19.2. The van der Waals surface area contributed by atoms with Gasteiger partial charge < -0.3 is 9.13 Å². The van der Waals surface area contributed by atoms with Crippen LogP contribution in [0.1, 0.15) is 0 Å². The number of benzene rings is 10. The van der Waals surface area contributed by atoms with Crippen LogP contribution in [0.2, 0.25) is 0 Å². The second-order valence-corrected chi connectivity index (χ2v) is 17.0. The molecule has 12 aromatic rings. The highest BCUT2D eigenvalue weighted by Crippen LogP contribution is 2.47. The van der Waals surface area contributed by atoms with E-state index >= 15 is 17.6 Å². The first-order chi connectivity index (χ1) is 33.8. The fraction of sp³-hybridized carbons (Fsp3) is 0. The molecule has 2 heterocycles. The van der Waals surface area contributed by atoms with E-state index in [1.807, 2.05) is 179 Å². The molecule has 0 aliphatic carbocycles. The van der Waals surface area contributed by atoms with E-state index in [0.717, 1.165) is 77.1 Å². The summed E-state index contributed by atoms with van der Waals surface area (Å²) >= 11 is 0. The Labute approximate surface area is 392 Å². The van der Waals surface area contributed by atoms with Crippen molar-refractivity contribution in [3.63, 3.8) is 0 Å². The topological polar surface area (TPSA) is 14.2 Å². The van der Waals surface area contributed by atoms with Gasteiger partial charge in [0, 0.05) is 27.1 Å². The first-order valence-electron chi connectivity index (χ1n) is 22.2. The molecule has 0 fully saturated rings. The van der Waals surface area contributed by atoms with Crippen LogP contribution in [0.3, 0.4) is 0 Å². The number of nitrogens with zero attached hydrogens (tertiary/aromatic N) is 3. The molecule has 2 aromatic heterocycles. The van der Waals surface area contributed by atoms with Crippen molar-refractivity contribution in [2.24, 2.45) is 0 Å². The van der Waals surface area contributed by atoms with Gasteiger partial charge in [-0.25, -0.2) is 26.8 Å². The average Bonchev–Trinajstić information content (AvgIpc) is 3.91. The van der Waals surface area contributed by atoms with E-state index < -0.39 is 40.2 Å². The summed E-state index contributed by atoms with van der Waals surface area (Å²) < 4.78 is 81.2. The Hall–Kier alpha value is -9.06. The third-order valence-electron chi connectivity index (χ3n) is 13.1. The lowest BCUT2D eigenvalue weighted by Crippen LogP contribution is -2.07. The zero-order chi connectivity index (χ0) is 46.9. The first-order valence-corrected chi connectivity index (χ1v) is 22.2. The molecule has 3 nitrogen and oxygen atoms in total. The molecule has 0 saturated carbocycles. The minimum Gasteiger partial charge on any atom is -0.308 e. The molecule has 8 heteroatoms. The summed E-state index contributed by atoms with van der Waals surface area (Å²) in [5.41, 5.74) is 9.59. The Kier molecular flexibility index (Phi) is 9.82. The Balaban J connectivity index is 1.23. The van der Waals surface area contributed by atoms with E-state index in [2.05, 4.69) is 29.1 Å². The molecule has 0 bridgehead atoms. The van der Waals surface area contributed by atoms with Crippen molar-refractivity contribution in [2.45, 2.75) is 0 Å². The number of hydrogen-bond donors (Lipinski definition) is 0. The van der Waals surface area contributed by atoms with Crippen LogP contribution in [-0.4, -0.2) is 9.13 Å². The molecule has 0 aliphatic heterocycles. The van der Waals surface area contributed by atoms with Crippen LogP contribution in [0.4, 0.5) is 27.6 Å². The van der Waals surface area contributed by atoms with E-state index in [1.165, 1.54) is 12.1 Å². The van der Waals surface area contributed by atoms with Crippen LogP contribution >= 0.6 is 0 Å². The van der Waals surface area contributed by atoms with E-state index in [4.69, 9.17) is 6.57 Å². The summed E-state index contributed by atoms with van der Waals surface area (Å²) in [6.45, 7) is 8.44.